The van der Waals surface area contributed by atoms with Gasteiger partial charge in [0.25, 0.3) is 0 Å². The third kappa shape index (κ3) is 4.74. The van der Waals surface area contributed by atoms with Crippen LogP contribution in [0.1, 0.15) is 58.8 Å². The van der Waals surface area contributed by atoms with Gasteiger partial charge in [-0.05, 0) is 18.8 Å². The van der Waals surface area contributed by atoms with Gasteiger partial charge < -0.3 is 5.32 Å². The van der Waals surface area contributed by atoms with Crippen molar-refractivity contribution in [2.45, 2.75) is 70.2 Å². The average molecular weight is 232 g/mol. The molecule has 1 saturated carbocycles. The van der Waals surface area contributed by atoms with Crippen molar-refractivity contribution in [3.05, 3.63) is 0 Å². The van der Waals surface area contributed by atoms with E-state index in [1.165, 1.54) is 44.9 Å². The molecule has 0 saturated heterocycles. The second-order valence-electron chi connectivity index (χ2n) is 4.84. The molecule has 0 aromatic heterocycles. The Balaban J connectivity index is 2.16. The fourth-order valence-corrected chi connectivity index (χ4v) is 3.00. The summed E-state index contributed by atoms with van der Waals surface area (Å²) >= 11 is 6.40. The summed E-state index contributed by atoms with van der Waals surface area (Å²) in [5.74, 6) is 0.683. The molecule has 1 N–H and O–H groups in total. The van der Waals surface area contributed by atoms with Crippen LogP contribution in [0.5, 0.6) is 0 Å². The molecular weight excluding hydrogens is 206 g/mol. The predicted molar refractivity (Wildman–Crippen MR) is 68.6 cm³/mol. The molecule has 2 heteroatoms. The molecule has 90 valence electrons. The number of alkyl halides is 1. The maximum Gasteiger partial charge on any atom is 0.0488 e. The van der Waals surface area contributed by atoms with Crippen LogP contribution >= 0.6 is 11.6 Å². The zero-order valence-electron chi connectivity index (χ0n) is 10.3. The minimum absolute atomic E-state index is 0.321. The maximum absolute atomic E-state index is 6.40. The zero-order chi connectivity index (χ0) is 11.1. The van der Waals surface area contributed by atoms with E-state index in [2.05, 4.69) is 19.2 Å². The van der Waals surface area contributed by atoms with Crippen LogP contribution in [-0.2, 0) is 0 Å². The first-order valence-corrected chi connectivity index (χ1v) is 7.09. The summed E-state index contributed by atoms with van der Waals surface area (Å²) in [4.78, 5) is 0. The number of hydrogen-bond acceptors (Lipinski definition) is 1. The Morgan fingerprint density at radius 3 is 2.27 bits per heavy atom. The number of hydrogen-bond donors (Lipinski definition) is 1. The highest BCUT2D eigenvalue weighted by Crippen LogP contribution is 2.20. The van der Waals surface area contributed by atoms with E-state index in [9.17, 15) is 0 Å². The topological polar surface area (TPSA) is 12.0 Å². The van der Waals surface area contributed by atoms with Crippen molar-refractivity contribution in [1.29, 1.82) is 0 Å². The van der Waals surface area contributed by atoms with E-state index in [0.717, 1.165) is 12.6 Å². The first-order valence-electron chi connectivity index (χ1n) is 6.65. The van der Waals surface area contributed by atoms with Gasteiger partial charge in [-0.3, -0.25) is 0 Å². The molecule has 0 radical (unpaired) electrons. The number of halogens is 1. The van der Waals surface area contributed by atoms with Crippen LogP contribution in [0.3, 0.4) is 0 Å². The van der Waals surface area contributed by atoms with Crippen molar-refractivity contribution in [2.24, 2.45) is 5.92 Å². The van der Waals surface area contributed by atoms with Gasteiger partial charge in [-0.1, -0.05) is 46.0 Å². The Labute approximate surface area is 100.0 Å². The molecule has 1 aliphatic rings. The van der Waals surface area contributed by atoms with Crippen molar-refractivity contribution in [2.75, 3.05) is 6.54 Å². The van der Waals surface area contributed by atoms with Gasteiger partial charge >= 0.3 is 0 Å². The van der Waals surface area contributed by atoms with E-state index >= 15 is 0 Å². The Hall–Kier alpha value is 0.250. The third-order valence-corrected chi connectivity index (χ3v) is 4.28. The standard InChI is InChI=1S/C13H26ClN/c1-3-11(4-2)13(14)10-15-12-8-6-5-7-9-12/h11-13,15H,3-10H2,1-2H3. The van der Waals surface area contributed by atoms with Gasteiger partial charge in [0, 0.05) is 18.0 Å². The van der Waals surface area contributed by atoms with E-state index in [1.807, 2.05) is 0 Å². The molecule has 0 amide bonds. The molecule has 1 atom stereocenters. The van der Waals surface area contributed by atoms with Crippen LogP contribution in [0, 0.1) is 5.92 Å². The molecule has 1 nitrogen and oxygen atoms in total. The molecule has 1 rings (SSSR count). The van der Waals surface area contributed by atoms with Crippen molar-refractivity contribution in [3.63, 3.8) is 0 Å². The van der Waals surface area contributed by atoms with E-state index in [-0.39, 0.29) is 0 Å². The number of nitrogens with one attached hydrogen (secondary N) is 1. The normalized spacial score (nSPS) is 20.8. The minimum atomic E-state index is 0.321. The summed E-state index contributed by atoms with van der Waals surface area (Å²) in [6, 6.07) is 0.745. The van der Waals surface area contributed by atoms with Gasteiger partial charge in [0.05, 0.1) is 0 Å². The Kier molecular flexibility index (Phi) is 6.67. The summed E-state index contributed by atoms with van der Waals surface area (Å²) in [5, 5.41) is 3.96. The molecule has 0 aromatic rings. The lowest BCUT2D eigenvalue weighted by atomic mass is 9.94. The summed E-state index contributed by atoms with van der Waals surface area (Å²) in [7, 11) is 0. The SMILES string of the molecule is CCC(CC)C(Cl)CNC1CCCCC1. The van der Waals surface area contributed by atoms with Crippen LogP contribution in [0.2, 0.25) is 0 Å². The van der Waals surface area contributed by atoms with Gasteiger partial charge in [-0.15, -0.1) is 11.6 Å². The Bertz CT molecular complexity index is 151. The molecule has 1 unspecified atom stereocenters. The van der Waals surface area contributed by atoms with E-state index in [4.69, 9.17) is 11.6 Å². The van der Waals surface area contributed by atoms with Crippen molar-refractivity contribution >= 4 is 11.6 Å². The first-order chi connectivity index (χ1) is 7.27. The highest BCUT2D eigenvalue weighted by Gasteiger charge is 2.18. The van der Waals surface area contributed by atoms with Crippen molar-refractivity contribution in [1.82, 2.24) is 5.32 Å². The quantitative estimate of drug-likeness (QED) is 0.683. The molecule has 15 heavy (non-hydrogen) atoms. The first kappa shape index (κ1) is 13.3. The van der Waals surface area contributed by atoms with E-state index in [0.29, 0.717) is 11.3 Å². The smallest absolute Gasteiger partial charge is 0.0488 e. The second-order valence-corrected chi connectivity index (χ2v) is 5.40. The van der Waals surface area contributed by atoms with Gasteiger partial charge in [0.15, 0.2) is 0 Å². The highest BCUT2D eigenvalue weighted by atomic mass is 35.5. The van der Waals surface area contributed by atoms with Crippen LogP contribution in [0.25, 0.3) is 0 Å². The Morgan fingerprint density at radius 2 is 1.73 bits per heavy atom. The highest BCUT2D eigenvalue weighted by molar-refractivity contribution is 6.21. The fraction of sp³-hybridized carbons (Fsp3) is 1.00. The molecule has 1 fully saturated rings. The third-order valence-electron chi connectivity index (χ3n) is 3.77. The van der Waals surface area contributed by atoms with Gasteiger partial charge in [-0.25, -0.2) is 0 Å². The lowest BCUT2D eigenvalue weighted by molar-refractivity contribution is 0.354. The van der Waals surface area contributed by atoms with Crippen LogP contribution in [0.4, 0.5) is 0 Å². The molecule has 1 aliphatic carbocycles. The molecule has 0 aliphatic heterocycles. The fourth-order valence-electron chi connectivity index (χ4n) is 2.55. The summed E-state index contributed by atoms with van der Waals surface area (Å²) in [5.41, 5.74) is 0. The van der Waals surface area contributed by atoms with Gasteiger partial charge in [0.2, 0.25) is 0 Å². The Morgan fingerprint density at radius 1 is 1.13 bits per heavy atom. The van der Waals surface area contributed by atoms with Crippen molar-refractivity contribution in [3.8, 4) is 0 Å². The van der Waals surface area contributed by atoms with Crippen molar-refractivity contribution < 1.29 is 0 Å². The molecule has 0 heterocycles. The van der Waals surface area contributed by atoms with Gasteiger partial charge in [-0.2, -0.15) is 0 Å². The van der Waals surface area contributed by atoms with E-state index < -0.39 is 0 Å². The largest absolute Gasteiger partial charge is 0.313 e. The zero-order valence-corrected chi connectivity index (χ0v) is 11.0. The molecule has 0 bridgehead atoms. The van der Waals surface area contributed by atoms with Crippen LogP contribution in [0.15, 0.2) is 0 Å². The summed E-state index contributed by atoms with van der Waals surface area (Å²) in [6.07, 6.45) is 9.34. The molecule has 0 aromatic carbocycles. The lowest BCUT2D eigenvalue weighted by Gasteiger charge is -2.26. The summed E-state index contributed by atoms with van der Waals surface area (Å²) < 4.78 is 0. The van der Waals surface area contributed by atoms with E-state index in [1.54, 1.807) is 0 Å². The molecular formula is C13H26ClN. The monoisotopic (exact) mass is 231 g/mol. The van der Waals surface area contributed by atoms with Crippen LogP contribution < -0.4 is 5.32 Å². The second kappa shape index (κ2) is 7.51. The maximum atomic E-state index is 6.40. The predicted octanol–water partition coefficient (Wildman–Crippen LogP) is 3.95. The van der Waals surface area contributed by atoms with Gasteiger partial charge in [0.1, 0.15) is 0 Å². The minimum Gasteiger partial charge on any atom is -0.313 e. The summed E-state index contributed by atoms with van der Waals surface area (Å²) in [6.45, 7) is 5.48. The lowest BCUT2D eigenvalue weighted by Crippen LogP contribution is -2.37. The van der Waals surface area contributed by atoms with Crippen LogP contribution in [-0.4, -0.2) is 18.0 Å². The number of rotatable bonds is 6. The molecule has 0 spiro atoms. The average Bonchev–Trinajstić information content (AvgIpc) is 2.29.